The van der Waals surface area contributed by atoms with Gasteiger partial charge in [0.1, 0.15) is 31.5 Å². The Morgan fingerprint density at radius 1 is 0.511 bits per heavy atom. The lowest BCUT2D eigenvalue weighted by atomic mass is 9.96. The largest absolute Gasteiger partial charge is 0.463 e. The summed E-state index contributed by atoms with van der Waals surface area (Å²) in [5.41, 5.74) is 0. The highest BCUT2D eigenvalue weighted by atomic mass is 16.8. The van der Waals surface area contributed by atoms with E-state index in [1.807, 2.05) is 0 Å². The van der Waals surface area contributed by atoms with Crippen molar-refractivity contribution < 1.29 is 85.7 Å². The molecule has 2 rings (SSSR count). The van der Waals surface area contributed by atoms with Crippen LogP contribution in [0.1, 0.15) is 48.5 Å². The molecule has 264 valence electrons. The van der Waals surface area contributed by atoms with Gasteiger partial charge in [0.2, 0.25) is 0 Å². The molecule has 0 N–H and O–H groups in total. The van der Waals surface area contributed by atoms with Crippen LogP contribution in [0, 0.1) is 0 Å². The summed E-state index contributed by atoms with van der Waals surface area (Å²) in [6, 6.07) is 0. The number of carbonyl (C=O) groups excluding carboxylic acids is 7. The molecule has 0 spiro atoms. The summed E-state index contributed by atoms with van der Waals surface area (Å²) in [6.07, 6.45) is -13.9. The van der Waals surface area contributed by atoms with E-state index in [0.29, 0.717) is 0 Å². The van der Waals surface area contributed by atoms with Gasteiger partial charge in [0.15, 0.2) is 43.1 Å². The highest BCUT2D eigenvalue weighted by Crippen LogP contribution is 2.35. The van der Waals surface area contributed by atoms with Crippen LogP contribution in [0.4, 0.5) is 0 Å². The second-order valence-corrected chi connectivity index (χ2v) is 10.3. The quantitative estimate of drug-likeness (QED) is 0.132. The molecule has 0 aliphatic carbocycles. The fraction of sp³-hybridized carbons (Fsp3) is 0.690. The van der Waals surface area contributed by atoms with E-state index in [1.54, 1.807) is 0 Å². The van der Waals surface area contributed by atoms with Crippen LogP contribution < -0.4 is 0 Å². The summed E-state index contributed by atoms with van der Waals surface area (Å²) in [5, 5.41) is 0. The van der Waals surface area contributed by atoms with E-state index in [4.69, 9.17) is 52.1 Å². The first-order chi connectivity index (χ1) is 22.0. The minimum absolute atomic E-state index is 0.110. The summed E-state index contributed by atoms with van der Waals surface area (Å²) < 4.78 is 61.3. The van der Waals surface area contributed by atoms with Crippen molar-refractivity contribution >= 4 is 41.8 Å². The first kappa shape index (κ1) is 39.1. The second-order valence-electron chi connectivity index (χ2n) is 10.3. The van der Waals surface area contributed by atoms with Crippen LogP contribution in [0.5, 0.6) is 0 Å². The van der Waals surface area contributed by atoms with Gasteiger partial charge in [-0.05, 0) is 0 Å². The molecule has 18 heteroatoms. The lowest BCUT2D eigenvalue weighted by Crippen LogP contribution is -2.67. The SMILES string of the molecule is C=CCO[C@@H]1OC(COC(C)=O)[C@@H](O[C@@H]2OC(COC(C)=O)[C@@H](OC(C)=O)[C@H](OC(C)=O)C2OC(C)=O)[C@H](OC(C)=O)C1OC(C)=O. The predicted octanol–water partition coefficient (Wildman–Crippen LogP) is -0.191. The fourth-order valence-electron chi connectivity index (χ4n) is 4.77. The average molecular weight is 677 g/mol. The molecule has 18 nitrogen and oxygen atoms in total. The minimum Gasteiger partial charge on any atom is -0.463 e. The molecule has 0 amide bonds. The summed E-state index contributed by atoms with van der Waals surface area (Å²) in [7, 11) is 0. The molecule has 2 saturated heterocycles. The van der Waals surface area contributed by atoms with Gasteiger partial charge in [0, 0.05) is 48.5 Å². The molecule has 47 heavy (non-hydrogen) atoms. The fourth-order valence-corrected chi connectivity index (χ4v) is 4.77. The number of ether oxygens (including phenoxy) is 11. The number of carbonyl (C=O) groups is 7. The van der Waals surface area contributed by atoms with Gasteiger partial charge in [0.25, 0.3) is 0 Å². The van der Waals surface area contributed by atoms with Crippen LogP contribution in [0.15, 0.2) is 12.7 Å². The smallest absolute Gasteiger partial charge is 0.303 e. The molecule has 2 fully saturated rings. The van der Waals surface area contributed by atoms with E-state index in [0.717, 1.165) is 48.5 Å². The van der Waals surface area contributed by atoms with Gasteiger partial charge in [-0.2, -0.15) is 0 Å². The Bertz CT molecular complexity index is 1170. The van der Waals surface area contributed by atoms with Crippen molar-refractivity contribution in [1.29, 1.82) is 0 Å². The van der Waals surface area contributed by atoms with Crippen LogP contribution in [0.3, 0.4) is 0 Å². The van der Waals surface area contributed by atoms with Gasteiger partial charge in [0.05, 0.1) is 6.61 Å². The minimum atomic E-state index is -1.77. The Kier molecular flexibility index (Phi) is 15.2. The molecule has 0 bridgehead atoms. The standard InChI is InChI=1S/C29H40O18/c1-9-10-37-28-26(43-18(7)35)25(42-17(6)34)23(21(45-28)12-39-14(3)31)47-29-27(44-19(8)36)24(41-16(5)33)22(40-15(4)32)20(46-29)11-38-13(2)30/h9,20-29H,1,10-12H2,2-8H3/t20?,21?,22-,23-,24+,25+,26?,27?,28-,29+/m1/s1. The normalized spacial score (nSPS) is 30.1. The summed E-state index contributed by atoms with van der Waals surface area (Å²) in [5.74, 6) is -5.81. The van der Waals surface area contributed by atoms with E-state index in [-0.39, 0.29) is 6.61 Å². The van der Waals surface area contributed by atoms with Crippen LogP contribution in [0.2, 0.25) is 0 Å². The monoisotopic (exact) mass is 676 g/mol. The third kappa shape index (κ3) is 12.2. The molecule has 10 atom stereocenters. The van der Waals surface area contributed by atoms with E-state index in [2.05, 4.69) is 6.58 Å². The number of esters is 7. The Morgan fingerprint density at radius 3 is 1.30 bits per heavy atom. The second kappa shape index (κ2) is 18.3. The summed E-state index contributed by atoms with van der Waals surface area (Å²) in [4.78, 5) is 84.6. The predicted molar refractivity (Wildman–Crippen MR) is 149 cm³/mol. The summed E-state index contributed by atoms with van der Waals surface area (Å²) >= 11 is 0. The topological polar surface area (TPSA) is 221 Å². The van der Waals surface area contributed by atoms with E-state index < -0.39 is 116 Å². The lowest BCUT2D eigenvalue weighted by Gasteiger charge is -2.48. The number of hydrogen-bond donors (Lipinski definition) is 0. The summed E-state index contributed by atoms with van der Waals surface area (Å²) in [6.45, 7) is 9.85. The Morgan fingerprint density at radius 2 is 0.872 bits per heavy atom. The zero-order valence-electron chi connectivity index (χ0n) is 27.0. The van der Waals surface area contributed by atoms with Gasteiger partial charge in [-0.3, -0.25) is 33.6 Å². The Labute approximate surface area is 270 Å². The third-order valence-electron chi connectivity index (χ3n) is 6.26. The van der Waals surface area contributed by atoms with E-state index in [1.165, 1.54) is 6.08 Å². The van der Waals surface area contributed by atoms with Gasteiger partial charge in [-0.1, -0.05) is 6.08 Å². The molecule has 4 unspecified atom stereocenters. The first-order valence-electron chi connectivity index (χ1n) is 14.4. The van der Waals surface area contributed by atoms with Crippen LogP contribution in [-0.4, -0.2) is 123 Å². The van der Waals surface area contributed by atoms with E-state index >= 15 is 0 Å². The highest BCUT2D eigenvalue weighted by molar-refractivity contribution is 5.69. The molecular weight excluding hydrogens is 636 g/mol. The van der Waals surface area contributed by atoms with Crippen molar-refractivity contribution in [3.05, 3.63) is 12.7 Å². The van der Waals surface area contributed by atoms with Crippen LogP contribution >= 0.6 is 0 Å². The van der Waals surface area contributed by atoms with Crippen molar-refractivity contribution in [2.75, 3.05) is 19.8 Å². The maximum absolute atomic E-state index is 12.3. The lowest BCUT2D eigenvalue weighted by molar-refractivity contribution is -0.360. The molecule has 0 aromatic heterocycles. The Hall–Kier alpha value is -4.13. The maximum atomic E-state index is 12.3. The van der Waals surface area contributed by atoms with Gasteiger partial charge < -0.3 is 52.1 Å². The molecular formula is C29H40O18. The van der Waals surface area contributed by atoms with Crippen LogP contribution in [0.25, 0.3) is 0 Å². The van der Waals surface area contributed by atoms with Crippen molar-refractivity contribution in [3.8, 4) is 0 Å². The van der Waals surface area contributed by atoms with E-state index in [9.17, 15) is 33.6 Å². The average Bonchev–Trinajstić information content (AvgIpc) is 2.94. The van der Waals surface area contributed by atoms with Crippen molar-refractivity contribution in [2.24, 2.45) is 0 Å². The van der Waals surface area contributed by atoms with Gasteiger partial charge in [-0.25, -0.2) is 0 Å². The number of hydrogen-bond acceptors (Lipinski definition) is 18. The van der Waals surface area contributed by atoms with Crippen LogP contribution in [-0.2, 0) is 85.7 Å². The molecule has 2 heterocycles. The van der Waals surface area contributed by atoms with Crippen molar-refractivity contribution in [3.63, 3.8) is 0 Å². The third-order valence-corrected chi connectivity index (χ3v) is 6.26. The molecule has 2 aliphatic rings. The molecule has 0 aromatic rings. The van der Waals surface area contributed by atoms with Gasteiger partial charge in [-0.15, -0.1) is 6.58 Å². The molecule has 0 aromatic carbocycles. The van der Waals surface area contributed by atoms with Gasteiger partial charge >= 0.3 is 41.8 Å². The van der Waals surface area contributed by atoms with Crippen molar-refractivity contribution in [1.82, 2.24) is 0 Å². The molecule has 0 radical (unpaired) electrons. The zero-order chi connectivity index (χ0) is 35.4. The molecule has 0 saturated carbocycles. The first-order valence-corrected chi connectivity index (χ1v) is 14.4. The number of rotatable bonds is 14. The van der Waals surface area contributed by atoms with Crippen molar-refractivity contribution in [2.45, 2.75) is 110 Å². The highest BCUT2D eigenvalue weighted by Gasteiger charge is 2.57. The molecule has 2 aliphatic heterocycles. The Balaban J connectivity index is 2.72. The zero-order valence-corrected chi connectivity index (χ0v) is 27.0. The maximum Gasteiger partial charge on any atom is 0.303 e.